The Hall–Kier alpha value is -0.130. The van der Waals surface area contributed by atoms with Gasteiger partial charge in [-0.05, 0) is 12.8 Å². The molecule has 0 bridgehead atoms. The quantitative estimate of drug-likeness (QED) is 0.670. The number of nitrogens with one attached hydrogen (secondary N) is 1. The first kappa shape index (κ1) is 15.9. The van der Waals surface area contributed by atoms with E-state index in [1.165, 1.54) is 6.26 Å². The second-order valence-electron chi connectivity index (χ2n) is 4.55. The average molecular weight is 251 g/mol. The van der Waals surface area contributed by atoms with Crippen molar-refractivity contribution in [1.82, 2.24) is 5.32 Å². The topological polar surface area (TPSA) is 66.4 Å². The standard InChI is InChI=1S/C11H25NO3S/c1-5-10(6-2)11(13)7-12-9(3)8-16(4,14)15/h9-13H,5-8H2,1-4H3. The number of sulfone groups is 1. The van der Waals surface area contributed by atoms with Crippen LogP contribution in [0, 0.1) is 5.92 Å². The lowest BCUT2D eigenvalue weighted by Gasteiger charge is -2.22. The van der Waals surface area contributed by atoms with Crippen molar-refractivity contribution < 1.29 is 13.5 Å². The van der Waals surface area contributed by atoms with Crippen molar-refractivity contribution >= 4 is 9.84 Å². The van der Waals surface area contributed by atoms with E-state index in [1.54, 1.807) is 0 Å². The van der Waals surface area contributed by atoms with Gasteiger partial charge in [0.15, 0.2) is 0 Å². The molecule has 0 aromatic heterocycles. The van der Waals surface area contributed by atoms with Gasteiger partial charge in [-0.25, -0.2) is 8.42 Å². The van der Waals surface area contributed by atoms with Gasteiger partial charge in [0.05, 0.1) is 11.9 Å². The van der Waals surface area contributed by atoms with Gasteiger partial charge >= 0.3 is 0 Å². The molecule has 0 amide bonds. The molecule has 16 heavy (non-hydrogen) atoms. The number of rotatable bonds is 8. The third-order valence-corrected chi connectivity index (χ3v) is 3.93. The predicted molar refractivity (Wildman–Crippen MR) is 67.3 cm³/mol. The van der Waals surface area contributed by atoms with Gasteiger partial charge in [0.2, 0.25) is 0 Å². The van der Waals surface area contributed by atoms with Gasteiger partial charge in [-0.2, -0.15) is 0 Å². The molecule has 0 aromatic rings. The molecule has 0 aliphatic rings. The van der Waals surface area contributed by atoms with Crippen molar-refractivity contribution in [2.45, 2.75) is 45.8 Å². The lowest BCUT2D eigenvalue weighted by Crippen LogP contribution is -2.40. The maximum Gasteiger partial charge on any atom is 0.148 e. The first-order valence-electron chi connectivity index (χ1n) is 5.89. The number of aliphatic hydroxyl groups is 1. The zero-order valence-electron chi connectivity index (χ0n) is 10.7. The van der Waals surface area contributed by atoms with E-state index >= 15 is 0 Å². The SMILES string of the molecule is CCC(CC)C(O)CNC(C)CS(C)(=O)=O. The highest BCUT2D eigenvalue weighted by Crippen LogP contribution is 2.12. The largest absolute Gasteiger partial charge is 0.392 e. The molecule has 0 rings (SSSR count). The molecular weight excluding hydrogens is 226 g/mol. The van der Waals surface area contributed by atoms with Crippen LogP contribution in [0.25, 0.3) is 0 Å². The van der Waals surface area contributed by atoms with Crippen molar-refractivity contribution in [3.8, 4) is 0 Å². The Bertz CT molecular complexity index is 273. The molecule has 2 atom stereocenters. The Labute approximate surface area is 99.4 Å². The minimum Gasteiger partial charge on any atom is -0.392 e. The van der Waals surface area contributed by atoms with Gasteiger partial charge in [0.25, 0.3) is 0 Å². The molecule has 0 spiro atoms. The fraction of sp³-hybridized carbons (Fsp3) is 1.00. The van der Waals surface area contributed by atoms with E-state index < -0.39 is 15.9 Å². The Balaban J connectivity index is 3.96. The summed E-state index contributed by atoms with van der Waals surface area (Å²) in [5.41, 5.74) is 0. The minimum atomic E-state index is -2.95. The molecule has 98 valence electrons. The van der Waals surface area contributed by atoms with Gasteiger partial charge in [-0.3, -0.25) is 0 Å². The molecule has 0 saturated carbocycles. The van der Waals surface area contributed by atoms with E-state index in [-0.39, 0.29) is 17.7 Å². The van der Waals surface area contributed by atoms with E-state index in [0.29, 0.717) is 6.54 Å². The van der Waals surface area contributed by atoms with E-state index in [4.69, 9.17) is 0 Å². The molecule has 0 heterocycles. The maximum absolute atomic E-state index is 11.0. The van der Waals surface area contributed by atoms with Gasteiger partial charge in [-0.1, -0.05) is 26.7 Å². The smallest absolute Gasteiger partial charge is 0.148 e. The second-order valence-corrected chi connectivity index (χ2v) is 6.73. The van der Waals surface area contributed by atoms with Crippen LogP contribution in [-0.4, -0.2) is 44.2 Å². The summed E-state index contributed by atoms with van der Waals surface area (Å²) in [5, 5.41) is 12.9. The van der Waals surface area contributed by atoms with E-state index in [0.717, 1.165) is 12.8 Å². The van der Waals surface area contributed by atoms with E-state index in [9.17, 15) is 13.5 Å². The third kappa shape index (κ3) is 7.19. The number of aliphatic hydroxyl groups excluding tert-OH is 1. The van der Waals surface area contributed by atoms with Crippen LogP contribution in [0.15, 0.2) is 0 Å². The summed E-state index contributed by atoms with van der Waals surface area (Å²) >= 11 is 0. The van der Waals surface area contributed by atoms with Crippen LogP contribution in [0.5, 0.6) is 0 Å². The Kier molecular flexibility index (Phi) is 7.19. The Morgan fingerprint density at radius 3 is 2.12 bits per heavy atom. The van der Waals surface area contributed by atoms with Crippen LogP contribution in [0.3, 0.4) is 0 Å². The lowest BCUT2D eigenvalue weighted by atomic mass is 9.96. The summed E-state index contributed by atoms with van der Waals surface area (Å²) in [4.78, 5) is 0. The normalized spacial score (nSPS) is 16.4. The Morgan fingerprint density at radius 2 is 1.75 bits per heavy atom. The van der Waals surface area contributed by atoms with Gasteiger partial charge in [0, 0.05) is 18.8 Å². The van der Waals surface area contributed by atoms with Crippen molar-refractivity contribution in [1.29, 1.82) is 0 Å². The van der Waals surface area contributed by atoms with Crippen LogP contribution < -0.4 is 5.32 Å². The zero-order valence-corrected chi connectivity index (χ0v) is 11.5. The summed E-state index contributed by atoms with van der Waals surface area (Å²) in [6, 6.07) is -0.112. The summed E-state index contributed by atoms with van der Waals surface area (Å²) in [6.07, 6.45) is 2.72. The van der Waals surface area contributed by atoms with Crippen LogP contribution in [0.1, 0.15) is 33.6 Å². The molecular formula is C11H25NO3S. The fourth-order valence-electron chi connectivity index (χ4n) is 1.83. The van der Waals surface area contributed by atoms with Crippen LogP contribution >= 0.6 is 0 Å². The van der Waals surface area contributed by atoms with Crippen molar-refractivity contribution in [3.63, 3.8) is 0 Å². The van der Waals surface area contributed by atoms with Crippen molar-refractivity contribution in [2.75, 3.05) is 18.6 Å². The first-order valence-corrected chi connectivity index (χ1v) is 7.95. The van der Waals surface area contributed by atoms with Gasteiger partial charge in [0.1, 0.15) is 9.84 Å². The summed E-state index contributed by atoms with van der Waals surface area (Å²) < 4.78 is 22.1. The van der Waals surface area contributed by atoms with Crippen LogP contribution in [-0.2, 0) is 9.84 Å². The summed E-state index contributed by atoms with van der Waals surface area (Å²) in [7, 11) is -2.95. The molecule has 2 N–H and O–H groups in total. The third-order valence-electron chi connectivity index (χ3n) is 2.82. The highest BCUT2D eigenvalue weighted by molar-refractivity contribution is 7.90. The van der Waals surface area contributed by atoms with E-state index in [2.05, 4.69) is 19.2 Å². The van der Waals surface area contributed by atoms with Crippen molar-refractivity contribution in [3.05, 3.63) is 0 Å². The highest BCUT2D eigenvalue weighted by Gasteiger charge is 2.17. The summed E-state index contributed by atoms with van der Waals surface area (Å²) in [6.45, 7) is 6.39. The maximum atomic E-state index is 11.0. The predicted octanol–water partition coefficient (Wildman–Crippen LogP) is 0.806. The number of hydrogen-bond acceptors (Lipinski definition) is 4. The first-order chi connectivity index (χ1) is 7.30. The molecule has 0 saturated heterocycles. The monoisotopic (exact) mass is 251 g/mol. The summed E-state index contributed by atoms with van der Waals surface area (Å²) in [5.74, 6) is 0.403. The van der Waals surface area contributed by atoms with Crippen LogP contribution in [0.2, 0.25) is 0 Å². The molecule has 0 aromatic carbocycles. The van der Waals surface area contributed by atoms with E-state index in [1.807, 2.05) is 6.92 Å². The molecule has 5 heteroatoms. The fourth-order valence-corrected chi connectivity index (χ4v) is 2.86. The van der Waals surface area contributed by atoms with Crippen molar-refractivity contribution in [2.24, 2.45) is 5.92 Å². The van der Waals surface area contributed by atoms with Gasteiger partial charge in [-0.15, -0.1) is 0 Å². The lowest BCUT2D eigenvalue weighted by molar-refractivity contribution is 0.0995. The minimum absolute atomic E-state index is 0.112. The number of hydrogen-bond donors (Lipinski definition) is 2. The molecule has 0 fully saturated rings. The zero-order chi connectivity index (χ0) is 12.8. The molecule has 2 unspecified atom stereocenters. The molecule has 0 aliphatic carbocycles. The highest BCUT2D eigenvalue weighted by atomic mass is 32.2. The molecule has 4 nitrogen and oxygen atoms in total. The average Bonchev–Trinajstić information content (AvgIpc) is 2.14. The molecule has 0 aliphatic heterocycles. The second kappa shape index (κ2) is 7.25. The van der Waals surface area contributed by atoms with Crippen LogP contribution in [0.4, 0.5) is 0 Å². The van der Waals surface area contributed by atoms with Gasteiger partial charge < -0.3 is 10.4 Å². The molecule has 0 radical (unpaired) electrons. The Morgan fingerprint density at radius 1 is 1.25 bits per heavy atom.